The van der Waals surface area contributed by atoms with Crippen molar-refractivity contribution in [3.8, 4) is 0 Å². The third-order valence-corrected chi connectivity index (χ3v) is 2.51. The Kier molecular flexibility index (Phi) is 5.35. The van der Waals surface area contributed by atoms with Crippen LogP contribution in [0.2, 0.25) is 0 Å². The Labute approximate surface area is 94.3 Å². The van der Waals surface area contributed by atoms with Crippen LogP contribution in [0.5, 0.6) is 0 Å². The molecule has 0 fully saturated rings. The Hall–Kier alpha value is -1.00. The minimum absolute atomic E-state index is 0.0233. The number of rotatable bonds is 6. The van der Waals surface area contributed by atoms with E-state index in [0.717, 1.165) is 12.0 Å². The normalized spacial score (nSPS) is 13.1. The van der Waals surface area contributed by atoms with E-state index in [4.69, 9.17) is 5.11 Å². The second-order valence-corrected chi connectivity index (χ2v) is 3.71. The molecule has 1 rings (SSSR count). The second kappa shape index (κ2) is 6.55. The first-order valence-corrected chi connectivity index (χ1v) is 5.38. The lowest BCUT2D eigenvalue weighted by atomic mass is 10.1. The van der Waals surface area contributed by atoms with Crippen LogP contribution in [0, 0.1) is 0 Å². The molecule has 0 spiro atoms. The summed E-state index contributed by atoms with van der Waals surface area (Å²) in [6.45, 7) is 2.52. The third kappa shape index (κ3) is 3.87. The summed E-state index contributed by atoms with van der Waals surface area (Å²) in [7, 11) is 0. The average Bonchev–Trinajstić information content (AvgIpc) is 2.31. The van der Waals surface area contributed by atoms with E-state index in [9.17, 15) is 8.78 Å². The zero-order valence-electron chi connectivity index (χ0n) is 9.29. The quantitative estimate of drug-likeness (QED) is 0.785. The fourth-order valence-corrected chi connectivity index (χ4v) is 1.44. The molecule has 0 aliphatic rings. The number of hydrogen-bond acceptors (Lipinski definition) is 2. The largest absolute Gasteiger partial charge is 0.395 e. The van der Waals surface area contributed by atoms with Crippen LogP contribution in [0.3, 0.4) is 0 Å². The van der Waals surface area contributed by atoms with Crippen LogP contribution < -0.4 is 5.32 Å². The molecule has 2 N–H and O–H groups in total. The van der Waals surface area contributed by atoms with Gasteiger partial charge >= 0.3 is 0 Å². The summed E-state index contributed by atoms with van der Waals surface area (Å²) >= 11 is 0. The molecule has 1 atom stereocenters. The summed E-state index contributed by atoms with van der Waals surface area (Å²) in [5, 5.41) is 12.1. The Morgan fingerprint density at radius 3 is 2.69 bits per heavy atom. The monoisotopic (exact) mass is 229 g/mol. The summed E-state index contributed by atoms with van der Waals surface area (Å²) < 4.78 is 24.8. The molecule has 0 bridgehead atoms. The van der Waals surface area contributed by atoms with Crippen LogP contribution in [0.25, 0.3) is 0 Å². The molecule has 1 aromatic carbocycles. The number of hydrogen-bond donors (Lipinski definition) is 2. The molecule has 0 radical (unpaired) electrons. The van der Waals surface area contributed by atoms with Crippen LogP contribution in [0.4, 0.5) is 8.78 Å². The fourth-order valence-electron chi connectivity index (χ4n) is 1.44. The zero-order valence-corrected chi connectivity index (χ0v) is 9.29. The molecule has 1 aromatic rings. The molecule has 0 aromatic heterocycles. The van der Waals surface area contributed by atoms with Crippen molar-refractivity contribution < 1.29 is 13.9 Å². The van der Waals surface area contributed by atoms with Crippen molar-refractivity contribution >= 4 is 0 Å². The van der Waals surface area contributed by atoms with E-state index in [1.165, 1.54) is 12.1 Å². The highest BCUT2D eigenvalue weighted by Crippen LogP contribution is 2.19. The lowest BCUT2D eigenvalue weighted by Gasteiger charge is -2.14. The van der Waals surface area contributed by atoms with Crippen molar-refractivity contribution in [3.05, 3.63) is 35.4 Å². The summed E-state index contributed by atoms with van der Waals surface area (Å²) in [6, 6.07) is 6.34. The molecule has 0 saturated heterocycles. The molecule has 0 unspecified atom stereocenters. The van der Waals surface area contributed by atoms with E-state index in [-0.39, 0.29) is 18.2 Å². The molecular weight excluding hydrogens is 212 g/mol. The Balaban J connectivity index is 2.56. The van der Waals surface area contributed by atoms with Gasteiger partial charge in [0.25, 0.3) is 6.43 Å². The van der Waals surface area contributed by atoms with E-state index < -0.39 is 6.43 Å². The van der Waals surface area contributed by atoms with Gasteiger partial charge in [-0.15, -0.1) is 0 Å². The van der Waals surface area contributed by atoms with E-state index in [2.05, 4.69) is 5.32 Å². The van der Waals surface area contributed by atoms with E-state index >= 15 is 0 Å². The number of alkyl halides is 2. The third-order valence-electron chi connectivity index (χ3n) is 2.51. The van der Waals surface area contributed by atoms with Gasteiger partial charge in [0, 0.05) is 18.2 Å². The van der Waals surface area contributed by atoms with Crippen molar-refractivity contribution in [2.75, 3.05) is 6.61 Å². The maximum atomic E-state index is 12.4. The summed E-state index contributed by atoms with van der Waals surface area (Å²) in [4.78, 5) is 0. The average molecular weight is 229 g/mol. The van der Waals surface area contributed by atoms with Crippen molar-refractivity contribution in [1.82, 2.24) is 5.32 Å². The standard InChI is InChI=1S/C12H17F2NO/c1-2-11(8-16)15-7-9-4-3-5-10(6-9)12(13)14/h3-6,11-12,15-16H,2,7-8H2,1H3/t11-/m1/s1. The van der Waals surface area contributed by atoms with Gasteiger partial charge in [0.2, 0.25) is 0 Å². The molecule has 0 saturated carbocycles. The molecule has 0 aliphatic carbocycles. The van der Waals surface area contributed by atoms with Crippen LogP contribution in [-0.2, 0) is 6.54 Å². The number of aliphatic hydroxyl groups excluding tert-OH is 1. The van der Waals surface area contributed by atoms with Gasteiger partial charge in [0.15, 0.2) is 0 Å². The van der Waals surface area contributed by atoms with Crippen LogP contribution >= 0.6 is 0 Å². The van der Waals surface area contributed by atoms with Crippen LogP contribution in [0.1, 0.15) is 30.9 Å². The Morgan fingerprint density at radius 1 is 1.38 bits per heavy atom. The molecule has 16 heavy (non-hydrogen) atoms. The maximum absolute atomic E-state index is 12.4. The number of halogens is 2. The first kappa shape index (κ1) is 13.1. The molecule has 90 valence electrons. The molecular formula is C12H17F2NO. The number of benzene rings is 1. The first-order valence-electron chi connectivity index (χ1n) is 5.38. The van der Waals surface area contributed by atoms with Crippen LogP contribution in [0.15, 0.2) is 24.3 Å². The molecule has 2 nitrogen and oxygen atoms in total. The van der Waals surface area contributed by atoms with Crippen molar-refractivity contribution in [2.24, 2.45) is 0 Å². The van der Waals surface area contributed by atoms with E-state index in [0.29, 0.717) is 6.54 Å². The van der Waals surface area contributed by atoms with Gasteiger partial charge in [-0.1, -0.05) is 25.1 Å². The van der Waals surface area contributed by atoms with Gasteiger partial charge in [0.1, 0.15) is 0 Å². The molecule has 0 aliphatic heterocycles. The van der Waals surface area contributed by atoms with Gasteiger partial charge in [0.05, 0.1) is 6.61 Å². The Bertz CT molecular complexity index is 314. The van der Waals surface area contributed by atoms with Gasteiger partial charge in [-0.05, 0) is 18.1 Å². The van der Waals surface area contributed by atoms with Crippen molar-refractivity contribution in [1.29, 1.82) is 0 Å². The highest BCUT2D eigenvalue weighted by Gasteiger charge is 2.08. The Morgan fingerprint density at radius 2 is 2.12 bits per heavy atom. The van der Waals surface area contributed by atoms with Crippen molar-refractivity contribution in [2.45, 2.75) is 32.4 Å². The SMILES string of the molecule is CC[C@H](CO)NCc1cccc(C(F)F)c1. The zero-order chi connectivity index (χ0) is 12.0. The lowest BCUT2D eigenvalue weighted by molar-refractivity contribution is 0.151. The van der Waals surface area contributed by atoms with Gasteiger partial charge in [-0.25, -0.2) is 8.78 Å². The molecule has 0 heterocycles. The lowest BCUT2D eigenvalue weighted by Crippen LogP contribution is -2.31. The predicted molar refractivity (Wildman–Crippen MR) is 59.4 cm³/mol. The molecule has 4 heteroatoms. The van der Waals surface area contributed by atoms with Gasteiger partial charge in [-0.3, -0.25) is 0 Å². The highest BCUT2D eigenvalue weighted by molar-refractivity contribution is 5.24. The van der Waals surface area contributed by atoms with Gasteiger partial charge < -0.3 is 10.4 Å². The fraction of sp³-hybridized carbons (Fsp3) is 0.500. The van der Waals surface area contributed by atoms with E-state index in [1.54, 1.807) is 12.1 Å². The number of nitrogens with one attached hydrogen (secondary N) is 1. The molecule has 0 amide bonds. The first-order chi connectivity index (χ1) is 7.67. The van der Waals surface area contributed by atoms with Gasteiger partial charge in [-0.2, -0.15) is 0 Å². The summed E-state index contributed by atoms with van der Waals surface area (Å²) in [5.41, 5.74) is 0.848. The summed E-state index contributed by atoms with van der Waals surface area (Å²) in [5.74, 6) is 0. The predicted octanol–water partition coefficient (Wildman–Crippen LogP) is 2.48. The topological polar surface area (TPSA) is 32.3 Å². The van der Waals surface area contributed by atoms with Crippen molar-refractivity contribution in [3.63, 3.8) is 0 Å². The minimum Gasteiger partial charge on any atom is -0.395 e. The maximum Gasteiger partial charge on any atom is 0.263 e. The second-order valence-electron chi connectivity index (χ2n) is 3.71. The summed E-state index contributed by atoms with van der Waals surface area (Å²) in [6.07, 6.45) is -1.62. The minimum atomic E-state index is -2.43. The smallest absolute Gasteiger partial charge is 0.263 e. The van der Waals surface area contributed by atoms with Crippen LogP contribution in [-0.4, -0.2) is 17.8 Å². The number of aliphatic hydroxyl groups is 1. The van der Waals surface area contributed by atoms with E-state index in [1.807, 2.05) is 6.92 Å². The highest BCUT2D eigenvalue weighted by atomic mass is 19.3.